The smallest absolute Gasteiger partial charge is 0.135 e. The van der Waals surface area contributed by atoms with Crippen molar-refractivity contribution < 1.29 is 5.11 Å². The third kappa shape index (κ3) is 2.62. The molecule has 0 aliphatic rings. The van der Waals surface area contributed by atoms with Crippen molar-refractivity contribution in [3.05, 3.63) is 59.9 Å². The summed E-state index contributed by atoms with van der Waals surface area (Å²) in [6.45, 7) is 2.88. The van der Waals surface area contributed by atoms with Crippen LogP contribution in [-0.2, 0) is 13.2 Å². The van der Waals surface area contributed by atoms with Crippen LogP contribution in [0.1, 0.15) is 24.2 Å². The second kappa shape index (κ2) is 5.58. The van der Waals surface area contributed by atoms with Crippen LogP contribution in [0.4, 0.5) is 5.69 Å². The Morgan fingerprint density at radius 1 is 1.19 bits per heavy atom. The highest BCUT2D eigenvalue weighted by Gasteiger charge is 2.14. The average molecular weight is 281 g/mol. The van der Waals surface area contributed by atoms with Crippen molar-refractivity contribution in [2.24, 2.45) is 0 Å². The fourth-order valence-corrected chi connectivity index (χ4v) is 2.68. The van der Waals surface area contributed by atoms with Gasteiger partial charge in [0.05, 0.1) is 11.0 Å². The molecule has 1 aromatic heterocycles. The van der Waals surface area contributed by atoms with E-state index in [1.807, 2.05) is 36.4 Å². The molecule has 3 aromatic rings. The van der Waals surface area contributed by atoms with Crippen molar-refractivity contribution in [3.63, 3.8) is 0 Å². The molecule has 0 spiro atoms. The highest BCUT2D eigenvalue weighted by Crippen LogP contribution is 2.24. The topological polar surface area (TPSA) is 64.1 Å². The molecular weight excluding hydrogens is 262 g/mol. The van der Waals surface area contributed by atoms with E-state index in [1.165, 1.54) is 5.56 Å². The minimum Gasteiger partial charge on any atom is -0.399 e. The van der Waals surface area contributed by atoms with Crippen molar-refractivity contribution in [2.75, 3.05) is 5.73 Å². The Bertz CT molecular complexity index is 749. The largest absolute Gasteiger partial charge is 0.399 e. The fourth-order valence-electron chi connectivity index (χ4n) is 2.68. The summed E-state index contributed by atoms with van der Waals surface area (Å²) in [5, 5.41) is 9.56. The lowest BCUT2D eigenvalue weighted by Gasteiger charge is -2.15. The molecule has 3 rings (SSSR count). The van der Waals surface area contributed by atoms with Crippen molar-refractivity contribution in [3.8, 4) is 0 Å². The Hall–Kier alpha value is -2.33. The van der Waals surface area contributed by atoms with E-state index in [0.717, 1.165) is 17.6 Å². The van der Waals surface area contributed by atoms with Gasteiger partial charge in [-0.1, -0.05) is 37.3 Å². The summed E-state index contributed by atoms with van der Waals surface area (Å²) >= 11 is 0. The van der Waals surface area contributed by atoms with E-state index in [2.05, 4.69) is 28.6 Å². The number of imidazole rings is 1. The first kappa shape index (κ1) is 13.6. The van der Waals surface area contributed by atoms with Gasteiger partial charge in [0.25, 0.3) is 0 Å². The van der Waals surface area contributed by atoms with Gasteiger partial charge >= 0.3 is 0 Å². The normalized spacial score (nSPS) is 12.7. The van der Waals surface area contributed by atoms with Gasteiger partial charge in [0.1, 0.15) is 12.4 Å². The maximum Gasteiger partial charge on any atom is 0.135 e. The van der Waals surface area contributed by atoms with Crippen molar-refractivity contribution in [2.45, 2.75) is 26.0 Å². The van der Waals surface area contributed by atoms with E-state index >= 15 is 0 Å². The van der Waals surface area contributed by atoms with Crippen LogP contribution >= 0.6 is 0 Å². The van der Waals surface area contributed by atoms with Gasteiger partial charge in [0.2, 0.25) is 0 Å². The quantitative estimate of drug-likeness (QED) is 0.723. The van der Waals surface area contributed by atoms with Crippen LogP contribution in [-0.4, -0.2) is 14.7 Å². The van der Waals surface area contributed by atoms with Crippen molar-refractivity contribution in [1.82, 2.24) is 9.55 Å². The van der Waals surface area contributed by atoms with Gasteiger partial charge in [-0.05, 0) is 29.7 Å². The maximum absolute atomic E-state index is 9.56. The maximum atomic E-state index is 9.56. The second-order valence-corrected chi connectivity index (χ2v) is 5.36. The molecule has 0 amide bonds. The minimum atomic E-state index is -0.0733. The minimum absolute atomic E-state index is 0.0733. The molecule has 0 radical (unpaired) electrons. The van der Waals surface area contributed by atoms with Gasteiger partial charge in [-0.25, -0.2) is 4.98 Å². The van der Waals surface area contributed by atoms with Gasteiger partial charge in [0, 0.05) is 12.2 Å². The molecular formula is C17H19N3O. The summed E-state index contributed by atoms with van der Waals surface area (Å²) in [6, 6.07) is 16.0. The van der Waals surface area contributed by atoms with Crippen LogP contribution in [0.15, 0.2) is 48.5 Å². The first-order valence-corrected chi connectivity index (χ1v) is 7.09. The zero-order valence-corrected chi connectivity index (χ0v) is 12.0. The Labute approximate surface area is 123 Å². The molecule has 1 heterocycles. The van der Waals surface area contributed by atoms with Crippen molar-refractivity contribution >= 4 is 16.7 Å². The van der Waals surface area contributed by atoms with Gasteiger partial charge in [0.15, 0.2) is 0 Å². The van der Waals surface area contributed by atoms with Crippen LogP contribution in [0.25, 0.3) is 11.0 Å². The number of hydrogen-bond acceptors (Lipinski definition) is 3. The lowest BCUT2D eigenvalue weighted by atomic mass is 10.0. The first-order valence-electron chi connectivity index (χ1n) is 7.09. The summed E-state index contributed by atoms with van der Waals surface area (Å²) in [4.78, 5) is 4.47. The molecule has 0 bridgehead atoms. The van der Waals surface area contributed by atoms with E-state index in [9.17, 15) is 5.11 Å². The lowest BCUT2D eigenvalue weighted by molar-refractivity contribution is 0.265. The molecule has 2 aromatic carbocycles. The molecule has 0 saturated heterocycles. The average Bonchev–Trinajstić information content (AvgIpc) is 2.85. The number of anilines is 1. The number of aromatic nitrogens is 2. The summed E-state index contributed by atoms with van der Waals surface area (Å²) in [5.41, 5.74) is 9.61. The number of nitrogens with zero attached hydrogens (tertiary/aromatic N) is 2. The zero-order valence-electron chi connectivity index (χ0n) is 12.0. The van der Waals surface area contributed by atoms with E-state index in [4.69, 9.17) is 5.73 Å². The van der Waals surface area contributed by atoms with Crippen LogP contribution in [0.2, 0.25) is 0 Å². The van der Waals surface area contributed by atoms with Gasteiger partial charge in [-0.15, -0.1) is 0 Å². The molecule has 0 saturated carbocycles. The number of nitrogens with two attached hydrogens (primary N) is 1. The first-order chi connectivity index (χ1) is 10.2. The van der Waals surface area contributed by atoms with Gasteiger partial charge < -0.3 is 15.4 Å². The summed E-state index contributed by atoms with van der Waals surface area (Å²) in [5.74, 6) is 1.02. The molecule has 1 atom stereocenters. The highest BCUT2D eigenvalue weighted by atomic mass is 16.3. The summed E-state index contributed by atoms with van der Waals surface area (Å²) in [7, 11) is 0. The Balaban J connectivity index is 1.99. The van der Waals surface area contributed by atoms with E-state index < -0.39 is 0 Å². The number of hydrogen-bond donors (Lipinski definition) is 2. The fraction of sp³-hybridized carbons (Fsp3) is 0.235. The number of aliphatic hydroxyl groups excluding tert-OH is 1. The molecule has 0 fully saturated rings. The summed E-state index contributed by atoms with van der Waals surface area (Å²) in [6.07, 6.45) is 0. The molecule has 1 unspecified atom stereocenters. The summed E-state index contributed by atoms with van der Waals surface area (Å²) < 4.78 is 2.08. The van der Waals surface area contributed by atoms with Gasteiger partial charge in [-0.3, -0.25) is 0 Å². The molecule has 0 aliphatic carbocycles. The predicted molar refractivity (Wildman–Crippen MR) is 84.9 cm³/mol. The zero-order chi connectivity index (χ0) is 14.8. The third-order valence-corrected chi connectivity index (χ3v) is 3.82. The standard InChI is InChI=1S/C17H19N3O/c1-12(13-5-3-2-4-6-13)10-20-16-8-7-14(18)9-15(16)19-17(20)11-21/h2-9,12,21H,10-11,18H2,1H3. The van der Waals surface area contributed by atoms with Crippen molar-refractivity contribution in [1.29, 1.82) is 0 Å². The number of rotatable bonds is 4. The number of fused-ring (bicyclic) bond motifs is 1. The highest BCUT2D eigenvalue weighted by molar-refractivity contribution is 5.79. The monoisotopic (exact) mass is 281 g/mol. The van der Waals surface area contributed by atoms with Crippen LogP contribution in [0.5, 0.6) is 0 Å². The Morgan fingerprint density at radius 2 is 1.95 bits per heavy atom. The van der Waals surface area contributed by atoms with Crippen LogP contribution in [0, 0.1) is 0 Å². The third-order valence-electron chi connectivity index (χ3n) is 3.82. The number of aliphatic hydroxyl groups is 1. The van der Waals surface area contributed by atoms with E-state index in [1.54, 1.807) is 0 Å². The molecule has 21 heavy (non-hydrogen) atoms. The molecule has 108 valence electrons. The van der Waals surface area contributed by atoms with E-state index in [-0.39, 0.29) is 6.61 Å². The number of benzene rings is 2. The molecule has 4 heteroatoms. The van der Waals surface area contributed by atoms with E-state index in [0.29, 0.717) is 17.4 Å². The Morgan fingerprint density at radius 3 is 2.67 bits per heavy atom. The van der Waals surface area contributed by atoms with Crippen LogP contribution in [0.3, 0.4) is 0 Å². The molecule has 0 aliphatic heterocycles. The molecule has 4 nitrogen and oxygen atoms in total. The lowest BCUT2D eigenvalue weighted by Crippen LogP contribution is -2.09. The second-order valence-electron chi connectivity index (χ2n) is 5.36. The predicted octanol–water partition coefficient (Wildman–Crippen LogP) is 2.91. The van der Waals surface area contributed by atoms with Crippen LogP contribution < -0.4 is 5.73 Å². The number of nitrogen functional groups attached to an aromatic ring is 1. The molecule has 3 N–H and O–H groups in total. The Kier molecular flexibility index (Phi) is 3.62. The van der Waals surface area contributed by atoms with Gasteiger partial charge in [-0.2, -0.15) is 0 Å². The SMILES string of the molecule is CC(Cn1c(CO)nc2cc(N)ccc21)c1ccccc1.